The van der Waals surface area contributed by atoms with E-state index >= 15 is 0 Å². The Kier molecular flexibility index (Phi) is 5.09. The standard InChI is InChI=1S/C19H19N3O3/c1-13-18(14(2)25-22-13)12-24-17-7-3-6-16(9-17)19(23)21-11-15-5-4-8-20-10-15/h3-10H,11-12H2,1-2H3,(H,21,23). The Morgan fingerprint density at radius 1 is 1.24 bits per heavy atom. The maximum absolute atomic E-state index is 12.3. The van der Waals surface area contributed by atoms with Crippen molar-refractivity contribution < 1.29 is 14.1 Å². The number of rotatable bonds is 6. The van der Waals surface area contributed by atoms with E-state index in [4.69, 9.17) is 9.26 Å². The van der Waals surface area contributed by atoms with E-state index in [1.54, 1.807) is 30.6 Å². The summed E-state index contributed by atoms with van der Waals surface area (Å²) in [6.45, 7) is 4.50. The third-order valence-electron chi connectivity index (χ3n) is 3.84. The molecule has 0 aliphatic rings. The van der Waals surface area contributed by atoms with E-state index in [9.17, 15) is 4.79 Å². The van der Waals surface area contributed by atoms with Crippen LogP contribution in [0, 0.1) is 13.8 Å². The van der Waals surface area contributed by atoms with E-state index in [-0.39, 0.29) is 5.91 Å². The van der Waals surface area contributed by atoms with Crippen molar-refractivity contribution in [2.24, 2.45) is 0 Å². The molecule has 0 spiro atoms. The highest BCUT2D eigenvalue weighted by molar-refractivity contribution is 5.94. The number of carbonyl (C=O) groups excluding carboxylic acids is 1. The minimum atomic E-state index is -0.161. The molecule has 0 bridgehead atoms. The first-order valence-electron chi connectivity index (χ1n) is 7.95. The van der Waals surface area contributed by atoms with Crippen molar-refractivity contribution in [3.05, 3.63) is 76.9 Å². The van der Waals surface area contributed by atoms with Gasteiger partial charge < -0.3 is 14.6 Å². The van der Waals surface area contributed by atoms with E-state index in [0.717, 1.165) is 22.6 Å². The molecule has 0 unspecified atom stereocenters. The van der Waals surface area contributed by atoms with Crippen molar-refractivity contribution in [2.75, 3.05) is 0 Å². The van der Waals surface area contributed by atoms with Crippen LogP contribution in [0.15, 0.2) is 53.3 Å². The van der Waals surface area contributed by atoms with Crippen molar-refractivity contribution in [2.45, 2.75) is 27.0 Å². The zero-order valence-corrected chi connectivity index (χ0v) is 14.2. The number of ether oxygens (including phenoxy) is 1. The van der Waals surface area contributed by atoms with Gasteiger partial charge in [-0.3, -0.25) is 9.78 Å². The Bertz CT molecular complexity index is 840. The number of nitrogens with one attached hydrogen (secondary N) is 1. The minimum Gasteiger partial charge on any atom is -0.489 e. The van der Waals surface area contributed by atoms with Crippen molar-refractivity contribution in [3.8, 4) is 5.75 Å². The van der Waals surface area contributed by atoms with Gasteiger partial charge in [0.1, 0.15) is 18.1 Å². The Morgan fingerprint density at radius 3 is 2.84 bits per heavy atom. The van der Waals surface area contributed by atoms with E-state index in [1.807, 2.05) is 32.0 Å². The fourth-order valence-electron chi connectivity index (χ4n) is 2.38. The van der Waals surface area contributed by atoms with Gasteiger partial charge in [-0.2, -0.15) is 0 Å². The summed E-state index contributed by atoms with van der Waals surface area (Å²) in [5.41, 5.74) is 3.22. The summed E-state index contributed by atoms with van der Waals surface area (Å²) in [5.74, 6) is 1.20. The second-order valence-corrected chi connectivity index (χ2v) is 5.66. The van der Waals surface area contributed by atoms with Crippen LogP contribution in [-0.2, 0) is 13.2 Å². The van der Waals surface area contributed by atoms with Gasteiger partial charge in [-0.1, -0.05) is 17.3 Å². The van der Waals surface area contributed by atoms with Crippen LogP contribution in [0.5, 0.6) is 5.75 Å². The van der Waals surface area contributed by atoms with Crippen LogP contribution in [0.3, 0.4) is 0 Å². The van der Waals surface area contributed by atoms with E-state index in [0.29, 0.717) is 24.5 Å². The van der Waals surface area contributed by atoms with Crippen molar-refractivity contribution in [1.82, 2.24) is 15.5 Å². The molecule has 1 N–H and O–H groups in total. The molecule has 0 saturated carbocycles. The first kappa shape index (κ1) is 16.7. The van der Waals surface area contributed by atoms with Crippen LogP contribution in [0.25, 0.3) is 0 Å². The summed E-state index contributed by atoms with van der Waals surface area (Å²) < 4.78 is 10.9. The first-order valence-corrected chi connectivity index (χ1v) is 7.95. The smallest absolute Gasteiger partial charge is 0.251 e. The van der Waals surface area contributed by atoms with Gasteiger partial charge >= 0.3 is 0 Å². The van der Waals surface area contributed by atoms with Crippen LogP contribution in [0.1, 0.15) is 32.9 Å². The number of hydrogen-bond acceptors (Lipinski definition) is 5. The lowest BCUT2D eigenvalue weighted by Crippen LogP contribution is -2.22. The molecule has 0 aliphatic carbocycles. The van der Waals surface area contributed by atoms with Gasteiger partial charge in [0, 0.05) is 24.5 Å². The molecule has 1 amide bonds. The molecule has 0 atom stereocenters. The van der Waals surface area contributed by atoms with E-state index in [2.05, 4.69) is 15.5 Å². The first-order chi connectivity index (χ1) is 12.1. The molecule has 6 heteroatoms. The van der Waals surface area contributed by atoms with Gasteiger partial charge in [-0.25, -0.2) is 0 Å². The summed E-state index contributed by atoms with van der Waals surface area (Å²) in [7, 11) is 0. The Hall–Kier alpha value is -3.15. The van der Waals surface area contributed by atoms with Crippen molar-refractivity contribution in [1.29, 1.82) is 0 Å². The molecule has 2 aromatic heterocycles. The number of amides is 1. The quantitative estimate of drug-likeness (QED) is 0.747. The summed E-state index contributed by atoms with van der Waals surface area (Å²) in [5, 5.41) is 6.77. The van der Waals surface area contributed by atoms with Gasteiger partial charge in [0.2, 0.25) is 0 Å². The van der Waals surface area contributed by atoms with Gasteiger partial charge in [0.25, 0.3) is 5.91 Å². The lowest BCUT2D eigenvalue weighted by atomic mass is 10.2. The zero-order chi connectivity index (χ0) is 17.6. The Balaban J connectivity index is 1.61. The summed E-state index contributed by atoms with van der Waals surface area (Å²) in [6.07, 6.45) is 3.43. The molecule has 0 saturated heterocycles. The predicted octanol–water partition coefficient (Wildman–Crippen LogP) is 3.20. The molecule has 6 nitrogen and oxygen atoms in total. The van der Waals surface area contributed by atoms with Crippen LogP contribution in [-0.4, -0.2) is 16.0 Å². The fourth-order valence-corrected chi connectivity index (χ4v) is 2.38. The molecule has 0 radical (unpaired) electrons. The van der Waals surface area contributed by atoms with E-state index < -0.39 is 0 Å². The lowest BCUT2D eigenvalue weighted by Gasteiger charge is -2.09. The highest BCUT2D eigenvalue weighted by atomic mass is 16.5. The number of nitrogens with zero attached hydrogens (tertiary/aromatic N) is 2. The van der Waals surface area contributed by atoms with E-state index in [1.165, 1.54) is 0 Å². The number of hydrogen-bond donors (Lipinski definition) is 1. The second-order valence-electron chi connectivity index (χ2n) is 5.66. The average molecular weight is 337 g/mol. The molecular formula is C19H19N3O3. The Morgan fingerprint density at radius 2 is 2.12 bits per heavy atom. The molecule has 3 rings (SSSR count). The Labute approximate surface area is 145 Å². The van der Waals surface area contributed by atoms with Crippen LogP contribution in [0.2, 0.25) is 0 Å². The highest BCUT2D eigenvalue weighted by Gasteiger charge is 2.11. The fraction of sp³-hybridized carbons (Fsp3) is 0.211. The zero-order valence-electron chi connectivity index (χ0n) is 14.2. The van der Waals surface area contributed by atoms with Crippen molar-refractivity contribution >= 4 is 5.91 Å². The van der Waals surface area contributed by atoms with Gasteiger partial charge in [-0.05, 0) is 43.7 Å². The van der Waals surface area contributed by atoms with Crippen LogP contribution < -0.4 is 10.1 Å². The third-order valence-corrected chi connectivity index (χ3v) is 3.84. The maximum atomic E-state index is 12.3. The molecule has 3 aromatic rings. The second kappa shape index (κ2) is 7.61. The minimum absolute atomic E-state index is 0.161. The topological polar surface area (TPSA) is 77.2 Å². The van der Waals surface area contributed by atoms with Crippen LogP contribution in [0.4, 0.5) is 0 Å². The van der Waals surface area contributed by atoms with Crippen molar-refractivity contribution in [3.63, 3.8) is 0 Å². The molecular weight excluding hydrogens is 318 g/mol. The summed E-state index contributed by atoms with van der Waals surface area (Å²) >= 11 is 0. The highest BCUT2D eigenvalue weighted by Crippen LogP contribution is 2.18. The number of benzene rings is 1. The molecule has 1 aromatic carbocycles. The number of pyridine rings is 1. The molecule has 25 heavy (non-hydrogen) atoms. The molecule has 0 fully saturated rings. The molecule has 2 heterocycles. The number of aryl methyl sites for hydroxylation is 2. The normalized spacial score (nSPS) is 10.5. The predicted molar refractivity (Wildman–Crippen MR) is 92.2 cm³/mol. The molecule has 0 aliphatic heterocycles. The molecule has 128 valence electrons. The summed E-state index contributed by atoms with van der Waals surface area (Å²) in [6, 6.07) is 10.8. The maximum Gasteiger partial charge on any atom is 0.251 e. The monoisotopic (exact) mass is 337 g/mol. The van der Waals surface area contributed by atoms with Gasteiger partial charge in [0.15, 0.2) is 0 Å². The largest absolute Gasteiger partial charge is 0.489 e. The average Bonchev–Trinajstić information content (AvgIpc) is 2.97. The van der Waals surface area contributed by atoms with Gasteiger partial charge in [-0.15, -0.1) is 0 Å². The lowest BCUT2D eigenvalue weighted by molar-refractivity contribution is 0.0950. The number of carbonyl (C=O) groups is 1. The SMILES string of the molecule is Cc1noc(C)c1COc1cccc(C(=O)NCc2cccnc2)c1. The summed E-state index contributed by atoms with van der Waals surface area (Å²) in [4.78, 5) is 16.3. The third kappa shape index (κ3) is 4.23. The van der Waals surface area contributed by atoms with Gasteiger partial charge in [0.05, 0.1) is 11.3 Å². The number of aromatic nitrogens is 2. The van der Waals surface area contributed by atoms with Crippen LogP contribution >= 0.6 is 0 Å².